The van der Waals surface area contributed by atoms with Gasteiger partial charge in [0.05, 0.1) is 43.0 Å². The first-order valence-electron chi connectivity index (χ1n) is 13.4. The van der Waals surface area contributed by atoms with E-state index in [1.165, 1.54) is 19.2 Å². The van der Waals surface area contributed by atoms with E-state index in [2.05, 4.69) is 10.00 Å². The second-order valence-corrected chi connectivity index (χ2v) is 10.4. The van der Waals surface area contributed by atoms with Gasteiger partial charge in [0, 0.05) is 36.8 Å². The topological polar surface area (TPSA) is 114 Å². The lowest BCUT2D eigenvalue weighted by Gasteiger charge is -2.29. The van der Waals surface area contributed by atoms with E-state index in [1.54, 1.807) is 12.1 Å². The number of hydrogen-bond donors (Lipinski definition) is 1. The van der Waals surface area contributed by atoms with Crippen LogP contribution in [0.3, 0.4) is 0 Å². The summed E-state index contributed by atoms with van der Waals surface area (Å²) >= 11 is 6.53. The van der Waals surface area contributed by atoms with E-state index in [4.69, 9.17) is 21.1 Å². The van der Waals surface area contributed by atoms with Crippen LogP contribution in [0.5, 0.6) is 0 Å². The number of fused-ring (bicyclic) bond motifs is 1. The molecule has 0 saturated carbocycles. The van der Waals surface area contributed by atoms with Crippen molar-refractivity contribution < 1.29 is 42.1 Å². The molecule has 1 amide bonds. The van der Waals surface area contributed by atoms with Crippen LogP contribution in [-0.4, -0.2) is 89.3 Å². The minimum absolute atomic E-state index is 0.0415. The fraction of sp³-hybridized carbons (Fsp3) is 0.429. The van der Waals surface area contributed by atoms with Gasteiger partial charge in [-0.15, -0.1) is 0 Å². The summed E-state index contributed by atoms with van der Waals surface area (Å²) in [4.78, 5) is 40.9. The van der Waals surface area contributed by atoms with E-state index < -0.39 is 61.1 Å². The first-order chi connectivity index (χ1) is 20.1. The number of amides is 1. The zero-order valence-corrected chi connectivity index (χ0v) is 23.3. The van der Waals surface area contributed by atoms with Crippen molar-refractivity contribution in [3.8, 4) is 11.1 Å². The summed E-state index contributed by atoms with van der Waals surface area (Å²) < 4.78 is 54.7. The number of esters is 1. The van der Waals surface area contributed by atoms with Crippen molar-refractivity contribution >= 4 is 46.0 Å². The van der Waals surface area contributed by atoms with Crippen LogP contribution in [0.25, 0.3) is 22.0 Å². The van der Waals surface area contributed by atoms with E-state index in [1.807, 2.05) is 12.1 Å². The van der Waals surface area contributed by atoms with Gasteiger partial charge in [-0.1, -0.05) is 23.7 Å². The van der Waals surface area contributed by atoms with Crippen LogP contribution >= 0.6 is 11.6 Å². The molecule has 0 spiro atoms. The molecule has 0 aliphatic carbocycles. The van der Waals surface area contributed by atoms with Gasteiger partial charge in [0.1, 0.15) is 11.7 Å². The lowest BCUT2D eigenvalue weighted by atomic mass is 9.97. The first-order valence-corrected chi connectivity index (χ1v) is 13.7. The molecule has 3 heterocycles. The third kappa shape index (κ3) is 5.62. The zero-order chi connectivity index (χ0) is 30.1. The van der Waals surface area contributed by atoms with Gasteiger partial charge >= 0.3 is 12.1 Å². The molecule has 1 N–H and O–H groups in total. The second kappa shape index (κ2) is 12.2. The number of morpholine rings is 1. The monoisotopic (exact) mass is 608 g/mol. The fourth-order valence-electron chi connectivity index (χ4n) is 5.46. The molecule has 14 heteroatoms. The van der Waals surface area contributed by atoms with Crippen LogP contribution in [0, 0.1) is 0 Å². The van der Waals surface area contributed by atoms with Gasteiger partial charge in [0.25, 0.3) is 6.43 Å². The number of carbonyl (C=O) groups excluding carboxylic acids is 2. The maximum absolute atomic E-state index is 14.6. The predicted octanol–water partition coefficient (Wildman–Crippen LogP) is 4.89. The SMILES string of the molecule is CCOC(=O)C(C(=O)[C@@H]1C[C@@H](F)CN1C(=O)O)n1cc2c(Cl)cc(-c3ccc(N4CCOCC4)cc3)c(C(F)F)c2n1. The molecule has 0 bridgehead atoms. The molecule has 2 aromatic carbocycles. The van der Waals surface area contributed by atoms with E-state index in [-0.39, 0.29) is 28.1 Å². The Morgan fingerprint density at radius 3 is 2.50 bits per heavy atom. The molecular weight excluding hydrogens is 581 g/mol. The Hall–Kier alpha value is -3.84. The van der Waals surface area contributed by atoms with Gasteiger partial charge < -0.3 is 19.5 Å². The van der Waals surface area contributed by atoms with Gasteiger partial charge in [-0.25, -0.2) is 27.4 Å². The minimum atomic E-state index is -3.01. The molecule has 2 aliphatic rings. The number of nitrogens with zero attached hydrogens (tertiary/aromatic N) is 4. The molecule has 2 saturated heterocycles. The number of alkyl halides is 3. The molecule has 0 radical (unpaired) electrons. The number of aromatic nitrogens is 2. The number of Topliss-reactive ketones (excluding diaryl/α,β-unsaturated/α-hetero) is 1. The molecule has 10 nitrogen and oxygen atoms in total. The van der Waals surface area contributed by atoms with Crippen LogP contribution in [0.15, 0.2) is 36.5 Å². The highest BCUT2D eigenvalue weighted by Gasteiger charge is 2.46. The van der Waals surface area contributed by atoms with Gasteiger partial charge in [-0.05, 0) is 36.2 Å². The Morgan fingerprint density at radius 2 is 1.88 bits per heavy atom. The third-order valence-corrected chi connectivity index (χ3v) is 7.76. The largest absolute Gasteiger partial charge is 0.465 e. The molecule has 5 rings (SSSR count). The average molecular weight is 609 g/mol. The number of ketones is 1. The number of anilines is 1. The molecule has 42 heavy (non-hydrogen) atoms. The van der Waals surface area contributed by atoms with Crippen LogP contribution in [0.2, 0.25) is 5.02 Å². The highest BCUT2D eigenvalue weighted by molar-refractivity contribution is 6.36. The number of ether oxygens (including phenoxy) is 2. The number of carbonyl (C=O) groups is 3. The summed E-state index contributed by atoms with van der Waals surface area (Å²) in [6.45, 7) is 3.41. The maximum atomic E-state index is 14.6. The quantitative estimate of drug-likeness (QED) is 0.284. The van der Waals surface area contributed by atoms with Crippen molar-refractivity contribution in [2.45, 2.75) is 38.0 Å². The van der Waals surface area contributed by atoms with Crippen molar-refractivity contribution in [2.75, 3.05) is 44.4 Å². The summed E-state index contributed by atoms with van der Waals surface area (Å²) in [6, 6.07) is 5.05. The standard InChI is InChI=1S/C28H28ClF3N4O6/c1-2-42-27(38)24(25(37)21-11-16(30)13-35(21)28(39)40)36-14-19-20(29)12-18(22(26(31)32)23(19)33-36)15-3-5-17(6-4-15)34-7-9-41-10-8-34/h3-6,12,14,16,21,24,26H,2,7-11,13H2,1H3,(H,39,40)/t16-,21+,24?/m1/s1. The molecule has 3 atom stereocenters. The average Bonchev–Trinajstić information content (AvgIpc) is 3.58. The van der Waals surface area contributed by atoms with Crippen LogP contribution in [0.1, 0.15) is 31.4 Å². The van der Waals surface area contributed by atoms with Crippen molar-refractivity contribution in [3.63, 3.8) is 0 Å². The Kier molecular flexibility index (Phi) is 8.60. The second-order valence-electron chi connectivity index (χ2n) is 9.98. The molecule has 2 aliphatic heterocycles. The molecule has 1 aromatic heterocycles. The van der Waals surface area contributed by atoms with Crippen molar-refractivity contribution in [1.29, 1.82) is 0 Å². The zero-order valence-electron chi connectivity index (χ0n) is 22.5. The van der Waals surface area contributed by atoms with Crippen LogP contribution in [-0.2, 0) is 19.1 Å². The van der Waals surface area contributed by atoms with Crippen LogP contribution < -0.4 is 4.90 Å². The number of hydrogen-bond acceptors (Lipinski definition) is 7. The number of likely N-dealkylation sites (tertiary alicyclic amines) is 1. The molecular formula is C28H28ClF3N4O6. The summed E-state index contributed by atoms with van der Waals surface area (Å²) in [7, 11) is 0. The smallest absolute Gasteiger partial charge is 0.408 e. The molecule has 224 valence electrons. The number of benzene rings is 2. The highest BCUT2D eigenvalue weighted by Crippen LogP contribution is 2.41. The van der Waals surface area contributed by atoms with Crippen molar-refractivity contribution in [1.82, 2.24) is 14.7 Å². The molecule has 3 aromatic rings. The van der Waals surface area contributed by atoms with Gasteiger partial charge in [-0.3, -0.25) is 9.69 Å². The van der Waals surface area contributed by atoms with Gasteiger partial charge in [0.2, 0.25) is 6.04 Å². The van der Waals surface area contributed by atoms with Gasteiger partial charge in [0.15, 0.2) is 5.78 Å². The van der Waals surface area contributed by atoms with E-state index in [0.717, 1.165) is 10.4 Å². The summed E-state index contributed by atoms with van der Waals surface area (Å²) in [6.07, 6.45) is -5.46. The van der Waals surface area contributed by atoms with E-state index in [0.29, 0.717) is 36.8 Å². The predicted molar refractivity (Wildman–Crippen MR) is 147 cm³/mol. The normalized spacial score (nSPS) is 19.9. The summed E-state index contributed by atoms with van der Waals surface area (Å²) in [5, 5.41) is 13.8. The lowest BCUT2D eigenvalue weighted by Crippen LogP contribution is -2.45. The van der Waals surface area contributed by atoms with E-state index >= 15 is 0 Å². The first kappa shape index (κ1) is 29.6. The Balaban J connectivity index is 1.58. The Bertz CT molecular complexity index is 1500. The van der Waals surface area contributed by atoms with Gasteiger partial charge in [-0.2, -0.15) is 5.10 Å². The Morgan fingerprint density at radius 1 is 1.19 bits per heavy atom. The molecule has 2 fully saturated rings. The number of halogens is 4. The van der Waals surface area contributed by atoms with E-state index in [9.17, 15) is 32.7 Å². The summed E-state index contributed by atoms with van der Waals surface area (Å²) in [5.74, 6) is -2.07. The van der Waals surface area contributed by atoms with Crippen molar-refractivity contribution in [2.24, 2.45) is 0 Å². The number of carboxylic acid groups (broad SMARTS) is 1. The number of rotatable bonds is 8. The maximum Gasteiger partial charge on any atom is 0.408 e. The summed E-state index contributed by atoms with van der Waals surface area (Å²) in [5.41, 5.74) is 0.783. The highest BCUT2D eigenvalue weighted by atomic mass is 35.5. The Labute approximate surface area is 243 Å². The fourth-order valence-corrected chi connectivity index (χ4v) is 5.71. The van der Waals surface area contributed by atoms with Crippen molar-refractivity contribution in [3.05, 3.63) is 47.1 Å². The third-order valence-electron chi connectivity index (χ3n) is 7.45. The minimum Gasteiger partial charge on any atom is -0.465 e. The molecule has 1 unspecified atom stereocenters. The van der Waals surface area contributed by atoms with Crippen LogP contribution in [0.4, 0.5) is 23.7 Å². The lowest BCUT2D eigenvalue weighted by molar-refractivity contribution is -0.152.